The second-order valence-corrected chi connectivity index (χ2v) is 9.07. The predicted molar refractivity (Wildman–Crippen MR) is 122 cm³/mol. The average Bonchev–Trinajstić information content (AvgIpc) is 3.48. The van der Waals surface area contributed by atoms with Gasteiger partial charge in [0.15, 0.2) is 5.75 Å². The highest BCUT2D eigenvalue weighted by Gasteiger charge is 2.47. The van der Waals surface area contributed by atoms with E-state index in [1.165, 1.54) is 0 Å². The fourth-order valence-electron chi connectivity index (χ4n) is 5.89. The number of anilines is 2. The van der Waals surface area contributed by atoms with Crippen LogP contribution in [0.1, 0.15) is 17.8 Å². The van der Waals surface area contributed by atoms with Crippen LogP contribution in [0.15, 0.2) is 18.5 Å². The Labute approximate surface area is 188 Å². The van der Waals surface area contributed by atoms with Crippen molar-refractivity contribution >= 4 is 33.4 Å². The highest BCUT2D eigenvalue weighted by Crippen LogP contribution is 2.47. The van der Waals surface area contributed by atoms with E-state index >= 15 is 4.39 Å². The van der Waals surface area contributed by atoms with E-state index in [1.54, 1.807) is 25.5 Å². The van der Waals surface area contributed by atoms with Crippen molar-refractivity contribution in [3.05, 3.63) is 35.7 Å². The van der Waals surface area contributed by atoms with Gasteiger partial charge in [-0.2, -0.15) is 9.97 Å². The molecule has 1 aromatic carbocycles. The normalized spacial score (nSPS) is 23.2. The molecule has 4 aromatic rings. The van der Waals surface area contributed by atoms with E-state index < -0.39 is 0 Å². The van der Waals surface area contributed by atoms with Crippen LogP contribution in [0.5, 0.6) is 11.8 Å². The second-order valence-electron chi connectivity index (χ2n) is 9.07. The molecule has 168 valence electrons. The molecule has 0 saturated carbocycles. The molecular formula is C23H23FN8O. The maximum Gasteiger partial charge on any atom is 0.326 e. The van der Waals surface area contributed by atoms with Crippen molar-refractivity contribution in [3.8, 4) is 11.8 Å². The zero-order valence-corrected chi connectivity index (χ0v) is 18.3. The van der Waals surface area contributed by atoms with Gasteiger partial charge in [0.25, 0.3) is 0 Å². The Morgan fingerprint density at radius 1 is 1.21 bits per heavy atom. The lowest BCUT2D eigenvalue weighted by Crippen LogP contribution is -2.35. The SMILES string of the molecule is CNc1cc(F)c2c3c1[nH]c1nc(Oc4cnc(C)nc4)nc(c13)N1CC3NCCC3C1C2. The van der Waals surface area contributed by atoms with Gasteiger partial charge >= 0.3 is 6.01 Å². The van der Waals surface area contributed by atoms with Crippen LogP contribution in [-0.4, -0.2) is 57.1 Å². The first-order valence-corrected chi connectivity index (χ1v) is 11.3. The predicted octanol–water partition coefficient (Wildman–Crippen LogP) is 2.91. The molecule has 3 unspecified atom stereocenters. The summed E-state index contributed by atoms with van der Waals surface area (Å²) in [5.41, 5.74) is 2.91. The van der Waals surface area contributed by atoms with Gasteiger partial charge in [-0.15, -0.1) is 0 Å². The van der Waals surface area contributed by atoms with Crippen molar-refractivity contribution in [2.75, 3.05) is 30.4 Å². The zero-order chi connectivity index (χ0) is 22.3. The monoisotopic (exact) mass is 446 g/mol. The van der Waals surface area contributed by atoms with Crippen LogP contribution in [0.2, 0.25) is 0 Å². The molecule has 3 aliphatic rings. The fraction of sp³-hybridized carbons (Fsp3) is 0.391. The fourth-order valence-corrected chi connectivity index (χ4v) is 5.89. The van der Waals surface area contributed by atoms with Crippen LogP contribution in [0.3, 0.4) is 0 Å². The maximum absolute atomic E-state index is 15.4. The van der Waals surface area contributed by atoms with Crippen molar-refractivity contribution < 1.29 is 9.13 Å². The van der Waals surface area contributed by atoms with Crippen molar-refractivity contribution in [3.63, 3.8) is 0 Å². The van der Waals surface area contributed by atoms with Gasteiger partial charge in [-0.25, -0.2) is 14.4 Å². The summed E-state index contributed by atoms with van der Waals surface area (Å²) < 4.78 is 21.4. The van der Waals surface area contributed by atoms with E-state index in [0.29, 0.717) is 41.3 Å². The second kappa shape index (κ2) is 6.74. The van der Waals surface area contributed by atoms with Gasteiger partial charge in [0, 0.05) is 36.6 Å². The molecule has 10 heteroatoms. The number of halogens is 1. The summed E-state index contributed by atoms with van der Waals surface area (Å²) in [5, 5.41) is 8.46. The first-order valence-electron chi connectivity index (χ1n) is 11.3. The van der Waals surface area contributed by atoms with E-state index in [2.05, 4.69) is 35.5 Å². The van der Waals surface area contributed by atoms with Crippen LogP contribution in [-0.2, 0) is 6.42 Å². The van der Waals surface area contributed by atoms with E-state index in [4.69, 9.17) is 9.72 Å². The van der Waals surface area contributed by atoms with Crippen molar-refractivity contribution in [1.29, 1.82) is 0 Å². The number of aromatic nitrogens is 5. The summed E-state index contributed by atoms with van der Waals surface area (Å²) in [6.07, 6.45) is 4.94. The number of aromatic amines is 1. The summed E-state index contributed by atoms with van der Waals surface area (Å²) in [6, 6.07) is 2.35. The third-order valence-electron chi connectivity index (χ3n) is 7.35. The molecule has 9 nitrogen and oxygen atoms in total. The first-order chi connectivity index (χ1) is 16.1. The average molecular weight is 446 g/mol. The number of nitrogens with one attached hydrogen (secondary N) is 3. The molecule has 3 atom stereocenters. The van der Waals surface area contributed by atoms with Gasteiger partial charge in [-0.3, -0.25) is 0 Å². The van der Waals surface area contributed by atoms with Crippen LogP contribution in [0, 0.1) is 18.7 Å². The third-order valence-corrected chi connectivity index (χ3v) is 7.35. The standard InChI is InChI=1S/C23H23FN8O/c1-10-27-7-11(8-28-10)33-23-30-21-19-18-13(14(24)6-15(25-2)20(18)29-21)5-17-12-3-4-26-16(12)9-32(17)22(19)31-23/h6-8,12,16-17,25-26H,3-5,9H2,1-2H3,(H,29,30,31). The number of hydrogen-bond acceptors (Lipinski definition) is 8. The Balaban J connectivity index is 1.48. The largest absolute Gasteiger partial charge is 0.421 e. The number of ether oxygens (including phenoxy) is 1. The van der Waals surface area contributed by atoms with Crippen LogP contribution in [0.4, 0.5) is 15.9 Å². The molecule has 3 aromatic heterocycles. The van der Waals surface area contributed by atoms with E-state index in [0.717, 1.165) is 47.2 Å². The number of hydrogen-bond donors (Lipinski definition) is 3. The number of aryl methyl sites for hydroxylation is 1. The molecule has 3 N–H and O–H groups in total. The van der Waals surface area contributed by atoms with E-state index in [9.17, 15) is 0 Å². The summed E-state index contributed by atoms with van der Waals surface area (Å²) in [7, 11) is 1.80. The van der Waals surface area contributed by atoms with Gasteiger partial charge < -0.3 is 25.3 Å². The number of nitrogens with zero attached hydrogens (tertiary/aromatic N) is 5. The highest BCUT2D eigenvalue weighted by atomic mass is 19.1. The Bertz CT molecular complexity index is 1420. The minimum atomic E-state index is -0.188. The van der Waals surface area contributed by atoms with Crippen LogP contribution in [0.25, 0.3) is 21.9 Å². The molecule has 3 aliphatic heterocycles. The molecule has 0 bridgehead atoms. The molecule has 0 spiro atoms. The zero-order valence-electron chi connectivity index (χ0n) is 18.3. The van der Waals surface area contributed by atoms with Gasteiger partial charge in [0.1, 0.15) is 23.1 Å². The van der Waals surface area contributed by atoms with Gasteiger partial charge in [-0.1, -0.05) is 0 Å². The lowest BCUT2D eigenvalue weighted by Gasteiger charge is -2.28. The number of fused-ring (bicyclic) bond motifs is 4. The summed E-state index contributed by atoms with van der Waals surface area (Å²) in [6.45, 7) is 3.65. The molecule has 0 amide bonds. The topological polar surface area (TPSA) is 104 Å². The minimum Gasteiger partial charge on any atom is -0.421 e. The van der Waals surface area contributed by atoms with Gasteiger partial charge in [-0.05, 0) is 38.3 Å². The Kier molecular flexibility index (Phi) is 3.88. The minimum absolute atomic E-state index is 0.171. The molecule has 6 heterocycles. The molecule has 2 saturated heterocycles. The Morgan fingerprint density at radius 3 is 2.88 bits per heavy atom. The van der Waals surface area contributed by atoms with Crippen molar-refractivity contribution in [1.82, 2.24) is 30.2 Å². The maximum atomic E-state index is 15.4. The highest BCUT2D eigenvalue weighted by molar-refractivity contribution is 6.16. The number of rotatable bonds is 3. The summed E-state index contributed by atoms with van der Waals surface area (Å²) in [5.74, 6) is 2.19. The van der Waals surface area contributed by atoms with E-state index in [-0.39, 0.29) is 17.9 Å². The van der Waals surface area contributed by atoms with Crippen molar-refractivity contribution in [2.45, 2.75) is 31.8 Å². The van der Waals surface area contributed by atoms with Crippen LogP contribution < -0.4 is 20.3 Å². The summed E-state index contributed by atoms with van der Waals surface area (Å²) in [4.78, 5) is 23.7. The lowest BCUT2D eigenvalue weighted by atomic mass is 9.90. The van der Waals surface area contributed by atoms with Gasteiger partial charge in [0.2, 0.25) is 0 Å². The number of benzene rings is 1. The molecule has 7 rings (SSSR count). The molecule has 0 aliphatic carbocycles. The Hall–Kier alpha value is -3.53. The van der Waals surface area contributed by atoms with Crippen molar-refractivity contribution in [2.24, 2.45) is 5.92 Å². The quantitative estimate of drug-likeness (QED) is 0.441. The van der Waals surface area contributed by atoms with Crippen LogP contribution >= 0.6 is 0 Å². The third kappa shape index (κ3) is 2.67. The Morgan fingerprint density at radius 2 is 2.06 bits per heavy atom. The molecule has 33 heavy (non-hydrogen) atoms. The molecular weight excluding hydrogens is 423 g/mol. The molecule has 2 fully saturated rings. The lowest BCUT2D eigenvalue weighted by molar-refractivity contribution is 0.436. The molecule has 0 radical (unpaired) electrons. The first kappa shape index (κ1) is 19.0. The smallest absolute Gasteiger partial charge is 0.326 e. The summed E-state index contributed by atoms with van der Waals surface area (Å²) >= 11 is 0. The number of H-pyrrole nitrogens is 1. The van der Waals surface area contributed by atoms with E-state index in [1.807, 2.05) is 6.92 Å². The van der Waals surface area contributed by atoms with Gasteiger partial charge in [0.05, 0.1) is 29.0 Å².